The third kappa shape index (κ3) is 2.57. The van der Waals surface area contributed by atoms with Crippen LogP contribution in [0.25, 0.3) is 0 Å². The normalized spacial score (nSPS) is 9.83. The topological polar surface area (TPSA) is 72.0 Å². The molecule has 1 amide bonds. The van der Waals surface area contributed by atoms with Crippen LogP contribution < -0.4 is 5.32 Å². The van der Waals surface area contributed by atoms with E-state index in [0.29, 0.717) is 11.3 Å². The quantitative estimate of drug-likeness (QED) is 0.833. The number of anilines is 1. The van der Waals surface area contributed by atoms with E-state index in [0.717, 1.165) is 0 Å². The van der Waals surface area contributed by atoms with Gasteiger partial charge in [-0.2, -0.15) is 0 Å². The fourth-order valence-electron chi connectivity index (χ4n) is 1.50. The lowest BCUT2D eigenvalue weighted by Crippen LogP contribution is -2.15. The van der Waals surface area contributed by atoms with Gasteiger partial charge in [-0.3, -0.25) is 14.6 Å². The average Bonchev–Trinajstić information content (AvgIpc) is 2.40. The lowest BCUT2D eigenvalue weighted by molar-refractivity contribution is 0.101. The number of carbonyl (C=O) groups is 2. The van der Waals surface area contributed by atoms with Crippen LogP contribution in [0, 0.1) is 0 Å². The first-order chi connectivity index (χ1) is 8.68. The van der Waals surface area contributed by atoms with E-state index in [1.54, 1.807) is 24.3 Å². The highest BCUT2D eigenvalue weighted by Crippen LogP contribution is 2.16. The van der Waals surface area contributed by atoms with Crippen molar-refractivity contribution in [3.63, 3.8) is 0 Å². The number of benzene rings is 1. The molecule has 1 aromatic heterocycles. The van der Waals surface area contributed by atoms with Crippen LogP contribution in [0.2, 0.25) is 0 Å². The van der Waals surface area contributed by atoms with Gasteiger partial charge in [0.05, 0.1) is 11.9 Å². The molecule has 1 heterocycles. The van der Waals surface area contributed by atoms with Gasteiger partial charge < -0.3 is 5.32 Å². The van der Waals surface area contributed by atoms with E-state index in [-0.39, 0.29) is 11.5 Å². The highest BCUT2D eigenvalue weighted by Gasteiger charge is 2.11. The summed E-state index contributed by atoms with van der Waals surface area (Å²) in [4.78, 5) is 31.0. The van der Waals surface area contributed by atoms with Crippen LogP contribution in [0.15, 0.2) is 42.9 Å². The van der Waals surface area contributed by atoms with E-state index in [1.165, 1.54) is 25.5 Å². The minimum Gasteiger partial charge on any atom is -0.320 e. The van der Waals surface area contributed by atoms with Crippen LogP contribution in [-0.4, -0.2) is 21.7 Å². The summed E-state index contributed by atoms with van der Waals surface area (Å²) in [6.45, 7) is 1.45. The van der Waals surface area contributed by atoms with E-state index < -0.39 is 5.91 Å². The first kappa shape index (κ1) is 11.9. The molecule has 5 heteroatoms. The van der Waals surface area contributed by atoms with Gasteiger partial charge in [0.15, 0.2) is 5.78 Å². The molecule has 0 aliphatic heterocycles. The Morgan fingerprint density at radius 3 is 2.61 bits per heavy atom. The Morgan fingerprint density at radius 2 is 1.94 bits per heavy atom. The van der Waals surface area contributed by atoms with Crippen LogP contribution in [-0.2, 0) is 0 Å². The van der Waals surface area contributed by atoms with Crippen molar-refractivity contribution in [1.82, 2.24) is 9.97 Å². The Bertz CT molecular complexity index is 582. The molecule has 0 atom stereocenters. The molecule has 0 aliphatic rings. The Hall–Kier alpha value is -2.56. The molecule has 90 valence electrons. The first-order valence-electron chi connectivity index (χ1n) is 5.36. The molecule has 0 unspecified atom stereocenters. The van der Waals surface area contributed by atoms with Crippen LogP contribution in [0.4, 0.5) is 5.69 Å². The summed E-state index contributed by atoms with van der Waals surface area (Å²) >= 11 is 0. The van der Waals surface area contributed by atoms with Gasteiger partial charge in [-0.1, -0.05) is 12.1 Å². The Kier molecular flexibility index (Phi) is 3.43. The SMILES string of the molecule is CC(=O)c1ccccc1NC(=O)c1cnccn1. The lowest BCUT2D eigenvalue weighted by atomic mass is 10.1. The van der Waals surface area contributed by atoms with Crippen molar-refractivity contribution in [3.8, 4) is 0 Å². The van der Waals surface area contributed by atoms with Gasteiger partial charge >= 0.3 is 0 Å². The zero-order valence-corrected chi connectivity index (χ0v) is 9.75. The molecule has 2 aromatic rings. The lowest BCUT2D eigenvalue weighted by Gasteiger charge is -2.07. The van der Waals surface area contributed by atoms with E-state index in [4.69, 9.17) is 0 Å². The summed E-state index contributed by atoms with van der Waals surface area (Å²) in [5.41, 5.74) is 1.14. The Morgan fingerprint density at radius 1 is 1.17 bits per heavy atom. The maximum absolute atomic E-state index is 11.9. The predicted molar refractivity (Wildman–Crippen MR) is 66.4 cm³/mol. The molecule has 0 radical (unpaired) electrons. The second kappa shape index (κ2) is 5.18. The van der Waals surface area contributed by atoms with Crippen molar-refractivity contribution >= 4 is 17.4 Å². The summed E-state index contributed by atoms with van der Waals surface area (Å²) in [6.07, 6.45) is 4.29. The molecular weight excluding hydrogens is 230 g/mol. The van der Waals surface area contributed by atoms with E-state index in [1.807, 2.05) is 0 Å². The second-order valence-electron chi connectivity index (χ2n) is 3.65. The number of aromatic nitrogens is 2. The number of carbonyl (C=O) groups excluding carboxylic acids is 2. The van der Waals surface area contributed by atoms with Gasteiger partial charge in [-0.25, -0.2) is 4.98 Å². The third-order valence-corrected chi connectivity index (χ3v) is 2.35. The van der Waals surface area contributed by atoms with Crippen LogP contribution in [0.1, 0.15) is 27.8 Å². The molecule has 1 aromatic carbocycles. The number of hydrogen-bond acceptors (Lipinski definition) is 4. The Balaban J connectivity index is 2.25. The number of amides is 1. The summed E-state index contributed by atoms with van der Waals surface area (Å²) < 4.78 is 0. The number of nitrogens with zero attached hydrogens (tertiary/aromatic N) is 2. The number of para-hydroxylation sites is 1. The van der Waals surface area contributed by atoms with E-state index in [9.17, 15) is 9.59 Å². The predicted octanol–water partition coefficient (Wildman–Crippen LogP) is 1.93. The average molecular weight is 241 g/mol. The Labute approximate surface area is 104 Å². The first-order valence-corrected chi connectivity index (χ1v) is 5.36. The molecule has 5 nitrogen and oxygen atoms in total. The smallest absolute Gasteiger partial charge is 0.275 e. The molecule has 0 bridgehead atoms. The zero-order chi connectivity index (χ0) is 13.0. The molecule has 18 heavy (non-hydrogen) atoms. The number of ketones is 1. The van der Waals surface area contributed by atoms with Gasteiger partial charge in [0.1, 0.15) is 5.69 Å². The van der Waals surface area contributed by atoms with Crippen molar-refractivity contribution < 1.29 is 9.59 Å². The number of rotatable bonds is 3. The maximum atomic E-state index is 11.9. The molecule has 1 N–H and O–H groups in total. The monoisotopic (exact) mass is 241 g/mol. The molecule has 0 aliphatic carbocycles. The molecule has 2 rings (SSSR count). The largest absolute Gasteiger partial charge is 0.320 e. The third-order valence-electron chi connectivity index (χ3n) is 2.35. The fraction of sp³-hybridized carbons (Fsp3) is 0.0769. The van der Waals surface area contributed by atoms with Gasteiger partial charge in [0, 0.05) is 18.0 Å². The molecule has 0 saturated carbocycles. The van der Waals surface area contributed by atoms with Gasteiger partial charge in [0.2, 0.25) is 0 Å². The standard InChI is InChI=1S/C13H11N3O2/c1-9(17)10-4-2-3-5-11(10)16-13(18)12-8-14-6-7-15-12/h2-8H,1H3,(H,16,18). The van der Waals surface area contributed by atoms with Gasteiger partial charge in [-0.15, -0.1) is 0 Å². The maximum Gasteiger partial charge on any atom is 0.275 e. The van der Waals surface area contributed by atoms with Crippen LogP contribution in [0.5, 0.6) is 0 Å². The summed E-state index contributed by atoms with van der Waals surface area (Å²) in [7, 11) is 0. The number of Topliss-reactive ketones (excluding diaryl/α,β-unsaturated/α-hetero) is 1. The van der Waals surface area contributed by atoms with Crippen molar-refractivity contribution in [2.24, 2.45) is 0 Å². The fourth-order valence-corrected chi connectivity index (χ4v) is 1.50. The van der Waals surface area contributed by atoms with Gasteiger partial charge in [0.25, 0.3) is 5.91 Å². The van der Waals surface area contributed by atoms with Crippen molar-refractivity contribution in [2.75, 3.05) is 5.32 Å². The van der Waals surface area contributed by atoms with Crippen LogP contribution in [0.3, 0.4) is 0 Å². The zero-order valence-electron chi connectivity index (χ0n) is 9.75. The summed E-state index contributed by atoms with van der Waals surface area (Å²) in [6, 6.07) is 6.83. The highest BCUT2D eigenvalue weighted by molar-refractivity contribution is 6.08. The summed E-state index contributed by atoms with van der Waals surface area (Å²) in [5.74, 6) is -0.498. The molecule has 0 fully saturated rings. The van der Waals surface area contributed by atoms with Crippen molar-refractivity contribution in [1.29, 1.82) is 0 Å². The van der Waals surface area contributed by atoms with Crippen LogP contribution >= 0.6 is 0 Å². The molecule has 0 spiro atoms. The molecule has 0 saturated heterocycles. The molecular formula is C13H11N3O2. The minimum atomic E-state index is -0.392. The van der Waals surface area contributed by atoms with E-state index in [2.05, 4.69) is 15.3 Å². The minimum absolute atomic E-state index is 0.106. The summed E-state index contributed by atoms with van der Waals surface area (Å²) in [5, 5.41) is 2.65. The second-order valence-corrected chi connectivity index (χ2v) is 3.65. The van der Waals surface area contributed by atoms with E-state index >= 15 is 0 Å². The van der Waals surface area contributed by atoms with Crippen molar-refractivity contribution in [3.05, 3.63) is 54.1 Å². The highest BCUT2D eigenvalue weighted by atomic mass is 16.2. The van der Waals surface area contributed by atoms with Crippen molar-refractivity contribution in [2.45, 2.75) is 6.92 Å². The number of nitrogens with one attached hydrogen (secondary N) is 1. The van der Waals surface area contributed by atoms with Gasteiger partial charge in [-0.05, 0) is 19.1 Å². The number of hydrogen-bond donors (Lipinski definition) is 1.